The molecule has 0 bridgehead atoms. The molecule has 0 radical (unpaired) electrons. The number of rotatable bonds is 7. The van der Waals surface area contributed by atoms with Crippen LogP contribution in [0.15, 0.2) is 23.0 Å². The molecule has 1 N–H and O–H groups in total. The molecule has 2 rings (SSSR count). The van der Waals surface area contributed by atoms with Crippen molar-refractivity contribution in [3.63, 3.8) is 0 Å². The topological polar surface area (TPSA) is 60.0 Å². The number of thioether (sulfide) groups is 1. The number of aryl methyl sites for hydroxylation is 1. The summed E-state index contributed by atoms with van der Waals surface area (Å²) >= 11 is 1.25. The Balaban J connectivity index is 0.00000151. The molecule has 6 heteroatoms. The molecule has 0 aliphatic rings. The molecule has 0 fully saturated rings. The number of benzene rings is 1. The van der Waals surface area contributed by atoms with Crippen LogP contribution in [0.25, 0.3) is 11.0 Å². The molecule has 0 atom stereocenters. The molecule has 0 spiro atoms. The number of imidazole rings is 1. The summed E-state index contributed by atoms with van der Waals surface area (Å²) < 4.78 is 8.90. The van der Waals surface area contributed by atoms with Crippen molar-refractivity contribution < 1.29 is 4.74 Å². The highest BCUT2D eigenvalue weighted by atomic mass is 32.2. The van der Waals surface area contributed by atoms with E-state index in [0.29, 0.717) is 12.4 Å². The normalized spacial score (nSPS) is 10.4. The first kappa shape index (κ1) is 21.4. The van der Waals surface area contributed by atoms with Crippen LogP contribution in [0.4, 0.5) is 0 Å². The number of nitrogens with zero attached hydrogens (tertiary/aromatic N) is 2. The van der Waals surface area contributed by atoms with Crippen molar-refractivity contribution in [2.24, 2.45) is 7.05 Å². The standard InChI is InChI=1S/C17H25N3O2S.C2H6/c1-4-5-6-7-8-12-22-14-11-9-10-13-15(14)19(2)17(21)20(13)16(18)23-3;1-2/h9-11,18H,4-8,12H2,1-3H3;1-2H3. The van der Waals surface area contributed by atoms with E-state index < -0.39 is 0 Å². The lowest BCUT2D eigenvalue weighted by Crippen LogP contribution is -2.25. The van der Waals surface area contributed by atoms with Gasteiger partial charge in [-0.1, -0.05) is 64.3 Å². The summed E-state index contributed by atoms with van der Waals surface area (Å²) in [5, 5.41) is 8.21. The maximum atomic E-state index is 12.4. The van der Waals surface area contributed by atoms with Crippen LogP contribution in [0.5, 0.6) is 5.75 Å². The minimum atomic E-state index is -0.210. The summed E-state index contributed by atoms with van der Waals surface area (Å²) in [5.74, 6) is 0.713. The Morgan fingerprint density at radius 1 is 1.20 bits per heavy atom. The van der Waals surface area contributed by atoms with E-state index in [0.717, 1.165) is 17.5 Å². The van der Waals surface area contributed by atoms with Crippen LogP contribution < -0.4 is 10.4 Å². The number of ether oxygens (including phenoxy) is 1. The van der Waals surface area contributed by atoms with Gasteiger partial charge in [0.25, 0.3) is 0 Å². The van der Waals surface area contributed by atoms with Crippen LogP contribution in [-0.4, -0.2) is 27.2 Å². The first-order chi connectivity index (χ1) is 12.1. The van der Waals surface area contributed by atoms with Gasteiger partial charge in [-0.05, 0) is 24.8 Å². The predicted molar refractivity (Wildman–Crippen MR) is 109 cm³/mol. The predicted octanol–water partition coefficient (Wildman–Crippen LogP) is 4.86. The molecule has 1 heterocycles. The van der Waals surface area contributed by atoms with Gasteiger partial charge in [0.15, 0.2) is 5.17 Å². The molecule has 0 saturated heterocycles. The molecule has 1 aromatic carbocycles. The average molecular weight is 366 g/mol. The summed E-state index contributed by atoms with van der Waals surface area (Å²) in [5.41, 5.74) is 1.27. The van der Waals surface area contributed by atoms with Gasteiger partial charge in [-0.3, -0.25) is 9.98 Å². The second-order valence-electron chi connectivity index (χ2n) is 5.57. The van der Waals surface area contributed by atoms with Crippen LogP contribution in [0.3, 0.4) is 0 Å². The Labute approximate surface area is 154 Å². The van der Waals surface area contributed by atoms with E-state index in [1.807, 2.05) is 32.0 Å². The van der Waals surface area contributed by atoms with Crippen molar-refractivity contribution in [2.45, 2.75) is 52.9 Å². The monoisotopic (exact) mass is 365 g/mol. The third-order valence-corrected chi connectivity index (χ3v) is 4.50. The lowest BCUT2D eigenvalue weighted by Gasteiger charge is -2.08. The third kappa shape index (κ3) is 5.14. The third-order valence-electron chi connectivity index (χ3n) is 3.93. The van der Waals surface area contributed by atoms with Gasteiger partial charge < -0.3 is 4.74 Å². The molecule has 25 heavy (non-hydrogen) atoms. The molecule has 2 aromatic rings. The molecule has 0 saturated carbocycles. The van der Waals surface area contributed by atoms with Crippen LogP contribution in [0, 0.1) is 5.41 Å². The van der Waals surface area contributed by atoms with Gasteiger partial charge in [-0.25, -0.2) is 9.36 Å². The Morgan fingerprint density at radius 3 is 2.52 bits per heavy atom. The molecule has 140 valence electrons. The molecule has 0 aliphatic carbocycles. The largest absolute Gasteiger partial charge is 0.491 e. The lowest BCUT2D eigenvalue weighted by molar-refractivity contribution is 0.307. The molecule has 0 amide bonds. The number of hydrogen-bond acceptors (Lipinski definition) is 4. The number of aromatic nitrogens is 2. The highest BCUT2D eigenvalue weighted by molar-refractivity contribution is 8.13. The summed E-state index contributed by atoms with van der Waals surface area (Å²) in [6.45, 7) is 6.86. The summed E-state index contributed by atoms with van der Waals surface area (Å²) in [6, 6.07) is 5.62. The van der Waals surface area contributed by atoms with Crippen molar-refractivity contribution in [1.82, 2.24) is 9.13 Å². The average Bonchev–Trinajstić information content (AvgIpc) is 2.90. The van der Waals surface area contributed by atoms with Gasteiger partial charge in [-0.2, -0.15) is 0 Å². The molecular weight excluding hydrogens is 334 g/mol. The highest BCUT2D eigenvalue weighted by Gasteiger charge is 2.17. The van der Waals surface area contributed by atoms with E-state index in [9.17, 15) is 4.79 Å². The molecule has 5 nitrogen and oxygen atoms in total. The number of fused-ring (bicyclic) bond motifs is 1. The first-order valence-electron chi connectivity index (χ1n) is 9.08. The quantitative estimate of drug-likeness (QED) is 0.433. The second kappa shape index (κ2) is 11.0. The summed E-state index contributed by atoms with van der Waals surface area (Å²) in [6.07, 6.45) is 7.72. The van der Waals surface area contributed by atoms with Crippen molar-refractivity contribution in [1.29, 1.82) is 5.41 Å². The second-order valence-corrected chi connectivity index (χ2v) is 6.37. The maximum absolute atomic E-state index is 12.4. The summed E-state index contributed by atoms with van der Waals surface area (Å²) in [4.78, 5) is 12.4. The van der Waals surface area contributed by atoms with Gasteiger partial charge in [0, 0.05) is 7.05 Å². The van der Waals surface area contributed by atoms with E-state index in [2.05, 4.69) is 6.92 Å². The zero-order valence-electron chi connectivity index (χ0n) is 16.1. The van der Waals surface area contributed by atoms with Gasteiger partial charge in [-0.15, -0.1) is 0 Å². The minimum Gasteiger partial charge on any atom is -0.491 e. The number of hydrogen-bond donors (Lipinski definition) is 1. The number of unbranched alkanes of at least 4 members (excludes halogenated alkanes) is 4. The van der Waals surface area contributed by atoms with E-state index in [4.69, 9.17) is 10.1 Å². The fourth-order valence-electron chi connectivity index (χ4n) is 2.67. The molecule has 1 aromatic heterocycles. The molecule has 0 unspecified atom stereocenters. The Morgan fingerprint density at radius 2 is 1.88 bits per heavy atom. The minimum absolute atomic E-state index is 0.210. The van der Waals surface area contributed by atoms with E-state index in [1.165, 1.54) is 42.0 Å². The zero-order valence-corrected chi connectivity index (χ0v) is 16.9. The van der Waals surface area contributed by atoms with Gasteiger partial charge in [0.05, 0.1) is 12.1 Å². The van der Waals surface area contributed by atoms with Crippen LogP contribution >= 0.6 is 11.8 Å². The highest BCUT2D eigenvalue weighted by Crippen LogP contribution is 2.25. The number of nitrogens with one attached hydrogen (secondary N) is 1. The first-order valence-corrected chi connectivity index (χ1v) is 10.3. The fraction of sp³-hybridized carbons (Fsp3) is 0.579. The van der Waals surface area contributed by atoms with Gasteiger partial charge >= 0.3 is 5.69 Å². The smallest absolute Gasteiger partial charge is 0.335 e. The van der Waals surface area contributed by atoms with Crippen LogP contribution in [0.2, 0.25) is 0 Å². The zero-order chi connectivity index (χ0) is 18.8. The van der Waals surface area contributed by atoms with Crippen molar-refractivity contribution in [3.05, 3.63) is 28.7 Å². The van der Waals surface area contributed by atoms with E-state index in [1.54, 1.807) is 17.9 Å². The Bertz CT molecular complexity index is 734. The molecule has 0 aliphatic heterocycles. The Hall–Kier alpha value is -1.69. The van der Waals surface area contributed by atoms with Crippen LogP contribution in [-0.2, 0) is 7.05 Å². The van der Waals surface area contributed by atoms with Gasteiger partial charge in [0.2, 0.25) is 0 Å². The van der Waals surface area contributed by atoms with Crippen molar-refractivity contribution >= 4 is 28.0 Å². The van der Waals surface area contributed by atoms with E-state index >= 15 is 0 Å². The number of para-hydroxylation sites is 1. The Kier molecular flexibility index (Phi) is 9.42. The SMILES string of the molecule is CC.CCCCCCCOc1cccc2c1n(C)c(=O)n2C(=N)SC. The van der Waals surface area contributed by atoms with E-state index in [-0.39, 0.29) is 10.9 Å². The van der Waals surface area contributed by atoms with Gasteiger partial charge in [0.1, 0.15) is 11.3 Å². The molecular formula is C19H31N3O2S. The fourth-order valence-corrected chi connectivity index (χ4v) is 3.03. The summed E-state index contributed by atoms with van der Waals surface area (Å²) in [7, 11) is 1.73. The maximum Gasteiger partial charge on any atom is 0.335 e. The van der Waals surface area contributed by atoms with Crippen LogP contribution in [0.1, 0.15) is 52.9 Å². The lowest BCUT2D eigenvalue weighted by atomic mass is 10.2. The van der Waals surface area contributed by atoms with Crippen molar-refractivity contribution in [2.75, 3.05) is 12.9 Å². The van der Waals surface area contributed by atoms with Crippen molar-refractivity contribution in [3.8, 4) is 5.75 Å².